The smallest absolute Gasteiger partial charge is 0.295 e. The Bertz CT molecular complexity index is 1080. The average molecular weight is 455 g/mol. The van der Waals surface area contributed by atoms with E-state index in [1.807, 2.05) is 39.8 Å². The van der Waals surface area contributed by atoms with Crippen molar-refractivity contribution in [3.63, 3.8) is 0 Å². The molecule has 1 N–H and O–H groups in total. The third-order valence-corrected chi connectivity index (χ3v) is 5.56. The van der Waals surface area contributed by atoms with E-state index in [4.69, 9.17) is 4.74 Å². The van der Waals surface area contributed by atoms with E-state index in [9.17, 15) is 19.1 Å². The molecular weight excluding hydrogens is 423 g/mol. The van der Waals surface area contributed by atoms with Crippen LogP contribution < -0.4 is 4.74 Å². The first-order valence-corrected chi connectivity index (χ1v) is 11.1. The lowest BCUT2D eigenvalue weighted by atomic mass is 9.94. The number of ketones is 1. The van der Waals surface area contributed by atoms with Crippen LogP contribution in [0.25, 0.3) is 5.76 Å². The molecule has 176 valence electrons. The monoisotopic (exact) mass is 454 g/mol. The molecule has 0 radical (unpaired) electrons. The van der Waals surface area contributed by atoms with E-state index in [1.165, 1.54) is 11.0 Å². The number of carbonyl (C=O) groups excluding carboxylic acids is 2. The molecule has 1 amide bonds. The van der Waals surface area contributed by atoms with Crippen LogP contribution in [0.4, 0.5) is 4.39 Å². The predicted octanol–water partition coefficient (Wildman–Crippen LogP) is 4.29. The highest BCUT2D eigenvalue weighted by Gasteiger charge is 2.46. The van der Waals surface area contributed by atoms with Crippen molar-refractivity contribution in [2.75, 3.05) is 27.2 Å². The van der Waals surface area contributed by atoms with Crippen LogP contribution in [-0.2, 0) is 9.59 Å². The molecule has 1 atom stereocenters. The quantitative estimate of drug-likeness (QED) is 0.366. The molecule has 0 spiro atoms. The number of halogens is 1. The maximum atomic E-state index is 14.8. The third kappa shape index (κ3) is 5.25. The Morgan fingerprint density at radius 2 is 1.88 bits per heavy atom. The highest BCUT2D eigenvalue weighted by molar-refractivity contribution is 6.46. The molecule has 33 heavy (non-hydrogen) atoms. The number of hydrogen-bond donors (Lipinski definition) is 1. The lowest BCUT2D eigenvalue weighted by Crippen LogP contribution is -2.32. The normalized spacial score (nSPS) is 17.9. The van der Waals surface area contributed by atoms with Gasteiger partial charge in [-0.15, -0.1) is 0 Å². The van der Waals surface area contributed by atoms with Crippen LogP contribution >= 0.6 is 0 Å². The maximum Gasteiger partial charge on any atom is 0.295 e. The van der Waals surface area contributed by atoms with Crippen LogP contribution in [0.2, 0.25) is 0 Å². The summed E-state index contributed by atoms with van der Waals surface area (Å²) in [5, 5.41) is 11.2. The number of likely N-dealkylation sites (tertiary alicyclic amines) is 1. The van der Waals surface area contributed by atoms with E-state index >= 15 is 0 Å². The molecular formula is C26H31FN2O4. The van der Waals surface area contributed by atoms with Crippen molar-refractivity contribution in [1.29, 1.82) is 0 Å². The summed E-state index contributed by atoms with van der Waals surface area (Å²) in [6.45, 7) is 6.63. The van der Waals surface area contributed by atoms with Gasteiger partial charge < -0.3 is 19.6 Å². The van der Waals surface area contributed by atoms with Gasteiger partial charge in [-0.3, -0.25) is 9.59 Å². The molecule has 1 aliphatic heterocycles. The number of ether oxygens (including phenoxy) is 1. The molecule has 1 heterocycles. The second-order valence-corrected chi connectivity index (χ2v) is 8.82. The predicted molar refractivity (Wildman–Crippen MR) is 126 cm³/mol. The van der Waals surface area contributed by atoms with Crippen LogP contribution in [0.15, 0.2) is 48.0 Å². The summed E-state index contributed by atoms with van der Waals surface area (Å²) in [6.07, 6.45) is 0.586. The first-order chi connectivity index (χ1) is 15.6. The largest absolute Gasteiger partial charge is 0.507 e. The SMILES string of the molecule is Cc1cc(/C(O)=C2\C(=O)C(=O)N(CCCN(C)C)C2c2ccccc2F)ccc1OC(C)C. The van der Waals surface area contributed by atoms with Gasteiger partial charge in [0.15, 0.2) is 0 Å². The zero-order valence-electron chi connectivity index (χ0n) is 19.8. The summed E-state index contributed by atoms with van der Waals surface area (Å²) in [5.74, 6) is -1.75. The number of rotatable bonds is 8. The zero-order valence-corrected chi connectivity index (χ0v) is 19.8. The number of hydrogen-bond acceptors (Lipinski definition) is 5. The molecule has 7 heteroatoms. The average Bonchev–Trinajstić information content (AvgIpc) is 2.99. The number of aryl methyl sites for hydroxylation is 1. The fourth-order valence-electron chi connectivity index (χ4n) is 4.03. The molecule has 2 aromatic rings. The summed E-state index contributed by atoms with van der Waals surface area (Å²) < 4.78 is 20.6. The van der Waals surface area contributed by atoms with Crippen molar-refractivity contribution in [2.45, 2.75) is 39.3 Å². The highest BCUT2D eigenvalue weighted by atomic mass is 19.1. The molecule has 0 aliphatic carbocycles. The second-order valence-electron chi connectivity index (χ2n) is 8.82. The van der Waals surface area contributed by atoms with E-state index in [-0.39, 0.29) is 29.5 Å². The van der Waals surface area contributed by atoms with Gasteiger partial charge in [0.25, 0.3) is 11.7 Å². The van der Waals surface area contributed by atoms with Crippen LogP contribution in [0.3, 0.4) is 0 Å². The standard InChI is InChI=1S/C26H31FN2O4/c1-16(2)33-21-12-11-18(15-17(21)3)24(30)22-23(19-9-6-7-10-20(19)27)29(26(32)25(22)31)14-8-13-28(4)5/h6-7,9-12,15-16,23,30H,8,13-14H2,1-5H3/b24-22+. The first-order valence-electron chi connectivity index (χ1n) is 11.1. The van der Waals surface area contributed by atoms with Crippen LogP contribution in [0.5, 0.6) is 5.75 Å². The van der Waals surface area contributed by atoms with E-state index in [2.05, 4.69) is 0 Å². The van der Waals surface area contributed by atoms with E-state index in [1.54, 1.807) is 36.4 Å². The summed E-state index contributed by atoms with van der Waals surface area (Å²) >= 11 is 0. The van der Waals surface area contributed by atoms with Gasteiger partial charge in [-0.05, 0) is 77.7 Å². The minimum atomic E-state index is -1.000. The second kappa shape index (κ2) is 10.2. The number of amides is 1. The van der Waals surface area contributed by atoms with Crippen molar-refractivity contribution in [2.24, 2.45) is 0 Å². The first kappa shape index (κ1) is 24.5. The number of carbonyl (C=O) groups is 2. The molecule has 0 aromatic heterocycles. The third-order valence-electron chi connectivity index (χ3n) is 5.56. The Morgan fingerprint density at radius 3 is 2.48 bits per heavy atom. The minimum Gasteiger partial charge on any atom is -0.507 e. The Balaban J connectivity index is 2.10. The molecule has 1 fully saturated rings. The Hall–Kier alpha value is -3.19. The van der Waals surface area contributed by atoms with Crippen LogP contribution in [-0.4, -0.2) is 59.9 Å². The van der Waals surface area contributed by atoms with Gasteiger partial charge in [-0.25, -0.2) is 4.39 Å². The fraction of sp³-hybridized carbons (Fsp3) is 0.385. The van der Waals surface area contributed by atoms with Gasteiger partial charge in [0.1, 0.15) is 17.3 Å². The molecule has 1 aliphatic rings. The lowest BCUT2D eigenvalue weighted by molar-refractivity contribution is -0.140. The van der Waals surface area contributed by atoms with Gasteiger partial charge in [0.05, 0.1) is 17.7 Å². The number of nitrogens with zero attached hydrogens (tertiary/aromatic N) is 2. The minimum absolute atomic E-state index is 0.0170. The van der Waals surface area contributed by atoms with E-state index in [0.29, 0.717) is 24.3 Å². The molecule has 2 aromatic carbocycles. The van der Waals surface area contributed by atoms with Crippen LogP contribution in [0, 0.1) is 12.7 Å². The molecule has 1 saturated heterocycles. The van der Waals surface area contributed by atoms with E-state index in [0.717, 1.165) is 5.56 Å². The van der Waals surface area contributed by atoms with Crippen molar-refractivity contribution >= 4 is 17.4 Å². The van der Waals surface area contributed by atoms with E-state index < -0.39 is 23.5 Å². The topological polar surface area (TPSA) is 70.1 Å². The van der Waals surface area contributed by atoms with Gasteiger partial charge >= 0.3 is 0 Å². The summed E-state index contributed by atoms with van der Waals surface area (Å²) in [7, 11) is 3.83. The van der Waals surface area contributed by atoms with Gasteiger partial charge in [-0.2, -0.15) is 0 Å². The number of aliphatic hydroxyl groups excluding tert-OH is 1. The number of aliphatic hydroxyl groups is 1. The summed E-state index contributed by atoms with van der Waals surface area (Å²) in [6, 6.07) is 10.1. The molecule has 0 bridgehead atoms. The molecule has 6 nitrogen and oxygen atoms in total. The van der Waals surface area contributed by atoms with Crippen molar-refractivity contribution in [3.8, 4) is 5.75 Å². The zero-order chi connectivity index (χ0) is 24.3. The van der Waals surface area contributed by atoms with Crippen LogP contribution in [0.1, 0.15) is 43.0 Å². The number of Topliss-reactive ketones (excluding diaryl/α,β-unsaturated/α-hetero) is 1. The van der Waals surface area contributed by atoms with Crippen molar-refractivity contribution in [1.82, 2.24) is 9.80 Å². The maximum absolute atomic E-state index is 14.8. The fourth-order valence-corrected chi connectivity index (χ4v) is 4.03. The molecule has 1 unspecified atom stereocenters. The van der Waals surface area contributed by atoms with Gasteiger partial charge in [0, 0.05) is 17.7 Å². The lowest BCUT2D eigenvalue weighted by Gasteiger charge is -2.26. The van der Waals surface area contributed by atoms with Gasteiger partial charge in [0.2, 0.25) is 0 Å². The Labute approximate surface area is 194 Å². The van der Waals surface area contributed by atoms with Crippen molar-refractivity contribution < 1.29 is 23.8 Å². The molecule has 3 rings (SSSR count). The molecule has 0 saturated carbocycles. The van der Waals surface area contributed by atoms with Gasteiger partial charge in [-0.1, -0.05) is 18.2 Å². The Morgan fingerprint density at radius 1 is 1.18 bits per heavy atom. The van der Waals surface area contributed by atoms with Crippen molar-refractivity contribution in [3.05, 3.63) is 70.5 Å². The summed E-state index contributed by atoms with van der Waals surface area (Å²) in [4.78, 5) is 29.3. The Kier molecular flexibility index (Phi) is 7.53. The highest BCUT2D eigenvalue weighted by Crippen LogP contribution is 2.40. The number of benzene rings is 2. The summed E-state index contributed by atoms with van der Waals surface area (Å²) in [5.41, 5.74) is 1.22.